The number of aromatic nitrogens is 1. The van der Waals surface area contributed by atoms with Crippen molar-refractivity contribution >= 4 is 50.3 Å². The molecule has 1 rings (SSSR count). The summed E-state index contributed by atoms with van der Waals surface area (Å²) in [4.78, 5) is 13.7. The third-order valence-electron chi connectivity index (χ3n) is 1.14. The van der Waals surface area contributed by atoms with Crippen LogP contribution in [0.1, 0.15) is 0 Å². The fourth-order valence-electron chi connectivity index (χ4n) is 0.687. The van der Waals surface area contributed by atoms with Gasteiger partial charge in [0.1, 0.15) is 4.34 Å². The molecule has 0 radical (unpaired) electrons. The Morgan fingerprint density at radius 3 is 2.43 bits per heavy atom. The number of carbonyl (C=O) groups is 1. The predicted octanol–water partition coefficient (Wildman–Crippen LogP) is 1.31. The van der Waals surface area contributed by atoms with Crippen LogP contribution < -0.4 is 0 Å². The number of nitrogens with zero attached hydrogens (tertiary/aromatic N) is 1. The molecule has 1 aromatic rings. The summed E-state index contributed by atoms with van der Waals surface area (Å²) in [5.74, 6) is -2.52. The van der Waals surface area contributed by atoms with E-state index < -0.39 is 26.6 Å². The molecule has 1 heterocycles. The van der Waals surface area contributed by atoms with Crippen LogP contribution in [0.15, 0.2) is 5.03 Å². The molecule has 0 amide bonds. The van der Waals surface area contributed by atoms with Crippen molar-refractivity contribution in [3.63, 3.8) is 0 Å². The zero-order valence-corrected chi connectivity index (χ0v) is 9.54. The van der Waals surface area contributed by atoms with Gasteiger partial charge < -0.3 is 5.11 Å². The first-order chi connectivity index (χ1) is 6.33. The topological polar surface area (TPSA) is 84.3 Å². The van der Waals surface area contributed by atoms with Crippen molar-refractivity contribution in [3.05, 3.63) is 8.80 Å². The molecule has 5 nitrogen and oxygen atoms in total. The molecule has 0 unspecified atom stereocenters. The second-order valence-corrected chi connectivity index (χ2v) is 6.29. The molecule has 9 heteroatoms. The van der Waals surface area contributed by atoms with E-state index in [1.165, 1.54) is 0 Å². The Morgan fingerprint density at radius 2 is 2.07 bits per heavy atom. The standard InChI is InChI=1S/C5H3Cl2NO4S2/c6-3-4(8-5(7)13-3)14(11,12)1-2(9)10/h1H2,(H,9,10). The fourth-order valence-corrected chi connectivity index (χ4v) is 3.70. The Morgan fingerprint density at radius 1 is 1.50 bits per heavy atom. The molecule has 0 aliphatic heterocycles. The fraction of sp³-hybridized carbons (Fsp3) is 0.200. The maximum Gasteiger partial charge on any atom is 0.319 e. The van der Waals surface area contributed by atoms with Crippen LogP contribution in [0.25, 0.3) is 0 Å². The van der Waals surface area contributed by atoms with Gasteiger partial charge in [-0.15, -0.1) is 0 Å². The van der Waals surface area contributed by atoms with Gasteiger partial charge in [0.05, 0.1) is 0 Å². The Hall–Kier alpha value is -0.370. The Kier molecular flexibility index (Phi) is 3.36. The third-order valence-corrected chi connectivity index (χ3v) is 4.25. The van der Waals surface area contributed by atoms with Crippen LogP contribution in [0.2, 0.25) is 8.80 Å². The summed E-state index contributed by atoms with van der Waals surface area (Å²) < 4.78 is 22.4. The number of aliphatic carboxylic acids is 1. The lowest BCUT2D eigenvalue weighted by atomic mass is 10.8. The summed E-state index contributed by atoms with van der Waals surface area (Å²) in [5.41, 5.74) is 0. The third kappa shape index (κ3) is 2.57. The summed E-state index contributed by atoms with van der Waals surface area (Å²) in [6.45, 7) is 0. The van der Waals surface area contributed by atoms with Crippen LogP contribution in [0, 0.1) is 0 Å². The van der Waals surface area contributed by atoms with Gasteiger partial charge in [-0.3, -0.25) is 4.79 Å². The second kappa shape index (κ2) is 4.01. The lowest BCUT2D eigenvalue weighted by molar-refractivity contribution is -0.134. The molecule has 0 atom stereocenters. The van der Waals surface area contributed by atoms with Crippen LogP contribution in [-0.2, 0) is 14.6 Å². The normalized spacial score (nSPS) is 11.6. The SMILES string of the molecule is O=C(O)CS(=O)(=O)c1nc(Cl)sc1Cl. The maximum atomic E-state index is 11.3. The number of halogens is 2. The molecule has 0 aliphatic rings. The molecule has 14 heavy (non-hydrogen) atoms. The summed E-state index contributed by atoms with van der Waals surface area (Å²) >= 11 is 11.7. The van der Waals surface area contributed by atoms with Crippen molar-refractivity contribution in [1.82, 2.24) is 4.98 Å². The lowest BCUT2D eigenvalue weighted by Gasteiger charge is -1.96. The largest absolute Gasteiger partial charge is 0.480 e. The maximum absolute atomic E-state index is 11.3. The highest BCUT2D eigenvalue weighted by atomic mass is 35.5. The van der Waals surface area contributed by atoms with Crippen molar-refractivity contribution in [1.29, 1.82) is 0 Å². The van der Waals surface area contributed by atoms with E-state index in [0.29, 0.717) is 0 Å². The van der Waals surface area contributed by atoms with Crippen LogP contribution in [0.4, 0.5) is 0 Å². The number of sulfone groups is 1. The quantitative estimate of drug-likeness (QED) is 0.899. The highest BCUT2D eigenvalue weighted by molar-refractivity contribution is 7.92. The zero-order valence-electron chi connectivity index (χ0n) is 6.40. The average Bonchev–Trinajstić information content (AvgIpc) is 2.27. The number of hydrogen-bond donors (Lipinski definition) is 1. The van der Waals surface area contributed by atoms with Crippen LogP contribution in [-0.4, -0.2) is 30.2 Å². The van der Waals surface area contributed by atoms with Gasteiger partial charge in [-0.25, -0.2) is 13.4 Å². The molecule has 0 aliphatic carbocycles. The van der Waals surface area contributed by atoms with E-state index in [1.54, 1.807) is 0 Å². The molecule has 0 spiro atoms. The van der Waals surface area contributed by atoms with E-state index in [9.17, 15) is 13.2 Å². The average molecular weight is 276 g/mol. The van der Waals surface area contributed by atoms with Crippen molar-refractivity contribution in [2.75, 3.05) is 5.75 Å². The number of carboxylic acid groups (broad SMARTS) is 1. The first-order valence-corrected chi connectivity index (χ1v) is 6.32. The minimum absolute atomic E-state index is 0.0426. The van der Waals surface area contributed by atoms with Gasteiger partial charge in [0.25, 0.3) is 0 Å². The van der Waals surface area contributed by atoms with Crippen molar-refractivity contribution in [2.24, 2.45) is 0 Å². The smallest absolute Gasteiger partial charge is 0.319 e. The highest BCUT2D eigenvalue weighted by Crippen LogP contribution is 2.31. The van der Waals surface area contributed by atoms with E-state index in [4.69, 9.17) is 28.3 Å². The molecule has 0 saturated heterocycles. The predicted molar refractivity (Wildman–Crippen MR) is 51.8 cm³/mol. The van der Waals surface area contributed by atoms with Gasteiger partial charge in [0, 0.05) is 0 Å². The molecular formula is C5H3Cl2NO4S2. The van der Waals surface area contributed by atoms with Crippen molar-refractivity contribution in [2.45, 2.75) is 5.03 Å². The van der Waals surface area contributed by atoms with Crippen LogP contribution in [0.3, 0.4) is 0 Å². The number of hydrogen-bond acceptors (Lipinski definition) is 5. The Labute approximate surface area is 93.2 Å². The highest BCUT2D eigenvalue weighted by Gasteiger charge is 2.25. The Bertz CT molecular complexity index is 466. The van der Waals surface area contributed by atoms with Crippen molar-refractivity contribution in [3.8, 4) is 0 Å². The Balaban J connectivity index is 3.16. The van der Waals surface area contributed by atoms with E-state index in [0.717, 1.165) is 11.3 Å². The minimum atomic E-state index is -3.99. The minimum Gasteiger partial charge on any atom is -0.480 e. The molecule has 1 N–H and O–H groups in total. The van der Waals surface area contributed by atoms with Crippen LogP contribution >= 0.6 is 34.5 Å². The molecule has 0 fully saturated rings. The van der Waals surface area contributed by atoms with Gasteiger partial charge in [-0.2, -0.15) is 0 Å². The molecule has 1 aromatic heterocycles. The second-order valence-electron chi connectivity index (χ2n) is 2.20. The summed E-state index contributed by atoms with van der Waals surface area (Å²) in [6, 6.07) is 0. The monoisotopic (exact) mass is 275 g/mol. The van der Waals surface area contributed by atoms with Gasteiger partial charge in [0.15, 0.2) is 15.2 Å². The van der Waals surface area contributed by atoms with E-state index in [-0.39, 0.29) is 8.80 Å². The van der Waals surface area contributed by atoms with Crippen molar-refractivity contribution < 1.29 is 18.3 Å². The van der Waals surface area contributed by atoms with Crippen LogP contribution in [0.5, 0.6) is 0 Å². The lowest BCUT2D eigenvalue weighted by Crippen LogP contribution is -2.15. The molecular weight excluding hydrogens is 273 g/mol. The zero-order chi connectivity index (χ0) is 10.9. The first kappa shape index (κ1) is 11.7. The van der Waals surface area contributed by atoms with E-state index in [1.807, 2.05) is 0 Å². The molecule has 78 valence electrons. The van der Waals surface area contributed by atoms with Gasteiger partial charge >= 0.3 is 5.97 Å². The summed E-state index contributed by atoms with van der Waals surface area (Å²) in [7, 11) is -3.99. The number of rotatable bonds is 3. The number of thiazole rings is 1. The first-order valence-electron chi connectivity index (χ1n) is 3.09. The van der Waals surface area contributed by atoms with Gasteiger partial charge in [-0.05, 0) is 0 Å². The molecule has 0 bridgehead atoms. The van der Waals surface area contributed by atoms with E-state index >= 15 is 0 Å². The van der Waals surface area contributed by atoms with Gasteiger partial charge in [-0.1, -0.05) is 34.5 Å². The summed E-state index contributed by atoms with van der Waals surface area (Å²) in [5, 5.41) is 7.85. The van der Waals surface area contributed by atoms with E-state index in [2.05, 4.69) is 4.98 Å². The summed E-state index contributed by atoms with van der Waals surface area (Å²) in [6.07, 6.45) is 0. The number of carboxylic acids is 1. The van der Waals surface area contributed by atoms with Gasteiger partial charge in [0.2, 0.25) is 9.84 Å². The molecule has 0 aromatic carbocycles. The molecule has 0 saturated carbocycles.